The third-order valence-corrected chi connectivity index (χ3v) is 2.67. The molecule has 0 aliphatic heterocycles. The molecule has 0 aliphatic rings. The van der Waals surface area contributed by atoms with Gasteiger partial charge in [-0.25, -0.2) is 0 Å². The van der Waals surface area contributed by atoms with Gasteiger partial charge in [0.2, 0.25) is 0 Å². The SMILES string of the molecule is Cc1cccc(C(Cc2ccoc2)NN)c1. The summed E-state index contributed by atoms with van der Waals surface area (Å²) in [4.78, 5) is 0. The van der Waals surface area contributed by atoms with Crippen molar-refractivity contribution in [2.45, 2.75) is 19.4 Å². The zero-order chi connectivity index (χ0) is 11.4. The number of hydrazine groups is 1. The van der Waals surface area contributed by atoms with Crippen LogP contribution in [0.25, 0.3) is 0 Å². The number of aryl methyl sites for hydroxylation is 1. The topological polar surface area (TPSA) is 51.2 Å². The van der Waals surface area contributed by atoms with Crippen LogP contribution in [0, 0.1) is 6.92 Å². The number of hydrogen-bond donors (Lipinski definition) is 2. The zero-order valence-electron chi connectivity index (χ0n) is 9.31. The van der Waals surface area contributed by atoms with Crippen LogP contribution in [-0.4, -0.2) is 0 Å². The first-order chi connectivity index (χ1) is 7.79. The minimum atomic E-state index is 0.123. The number of benzene rings is 1. The standard InChI is InChI=1S/C13H16N2O/c1-10-3-2-4-12(7-10)13(15-14)8-11-5-6-16-9-11/h2-7,9,13,15H,8,14H2,1H3. The fourth-order valence-electron chi connectivity index (χ4n) is 1.80. The monoisotopic (exact) mass is 216 g/mol. The number of nitrogens with one attached hydrogen (secondary N) is 1. The summed E-state index contributed by atoms with van der Waals surface area (Å²) in [5, 5.41) is 0. The van der Waals surface area contributed by atoms with E-state index in [1.165, 1.54) is 11.1 Å². The van der Waals surface area contributed by atoms with Gasteiger partial charge >= 0.3 is 0 Å². The van der Waals surface area contributed by atoms with E-state index in [9.17, 15) is 0 Å². The van der Waals surface area contributed by atoms with E-state index in [-0.39, 0.29) is 6.04 Å². The Morgan fingerprint density at radius 1 is 1.38 bits per heavy atom. The third kappa shape index (κ3) is 2.51. The maximum atomic E-state index is 5.59. The Balaban J connectivity index is 2.16. The van der Waals surface area contributed by atoms with E-state index >= 15 is 0 Å². The van der Waals surface area contributed by atoms with Crippen LogP contribution in [0.2, 0.25) is 0 Å². The van der Waals surface area contributed by atoms with Gasteiger partial charge in [0, 0.05) is 0 Å². The average Bonchev–Trinajstić information content (AvgIpc) is 2.78. The maximum Gasteiger partial charge on any atom is 0.0935 e. The molecule has 1 aromatic carbocycles. The van der Waals surface area contributed by atoms with Crippen molar-refractivity contribution < 1.29 is 4.42 Å². The average molecular weight is 216 g/mol. The fourth-order valence-corrected chi connectivity index (χ4v) is 1.80. The third-order valence-electron chi connectivity index (χ3n) is 2.67. The first-order valence-corrected chi connectivity index (χ1v) is 5.33. The molecule has 3 N–H and O–H groups in total. The first kappa shape index (κ1) is 10.9. The van der Waals surface area contributed by atoms with Crippen LogP contribution < -0.4 is 11.3 Å². The van der Waals surface area contributed by atoms with Crippen molar-refractivity contribution in [2.24, 2.45) is 5.84 Å². The second kappa shape index (κ2) is 4.96. The molecule has 0 spiro atoms. The van der Waals surface area contributed by atoms with Gasteiger partial charge in [-0.2, -0.15) is 0 Å². The lowest BCUT2D eigenvalue weighted by Crippen LogP contribution is -2.29. The molecule has 0 saturated heterocycles. The lowest BCUT2D eigenvalue weighted by atomic mass is 10.00. The summed E-state index contributed by atoms with van der Waals surface area (Å²) in [6.07, 6.45) is 4.26. The molecule has 1 heterocycles. The molecule has 0 amide bonds. The zero-order valence-corrected chi connectivity index (χ0v) is 9.31. The molecule has 84 valence electrons. The van der Waals surface area contributed by atoms with Gasteiger partial charge in [-0.05, 0) is 30.5 Å². The minimum Gasteiger partial charge on any atom is -0.472 e. The van der Waals surface area contributed by atoms with Gasteiger partial charge in [0.05, 0.1) is 18.6 Å². The molecule has 0 aliphatic carbocycles. The van der Waals surface area contributed by atoms with Gasteiger partial charge < -0.3 is 4.42 Å². The van der Waals surface area contributed by atoms with Crippen LogP contribution in [0.3, 0.4) is 0 Å². The quantitative estimate of drug-likeness (QED) is 0.609. The van der Waals surface area contributed by atoms with Crippen LogP contribution in [0.1, 0.15) is 22.7 Å². The number of hydrogen-bond acceptors (Lipinski definition) is 3. The van der Waals surface area contributed by atoms with Gasteiger partial charge in [0.1, 0.15) is 0 Å². The predicted octanol–water partition coefficient (Wildman–Crippen LogP) is 2.34. The summed E-state index contributed by atoms with van der Waals surface area (Å²) in [7, 11) is 0. The molecule has 0 radical (unpaired) electrons. The molecule has 0 fully saturated rings. The van der Waals surface area contributed by atoms with E-state index in [1.54, 1.807) is 12.5 Å². The Morgan fingerprint density at radius 3 is 2.88 bits per heavy atom. The first-order valence-electron chi connectivity index (χ1n) is 5.33. The van der Waals surface area contributed by atoms with Crippen molar-refractivity contribution in [3.8, 4) is 0 Å². The molecule has 2 aromatic rings. The van der Waals surface area contributed by atoms with Crippen LogP contribution in [0.5, 0.6) is 0 Å². The van der Waals surface area contributed by atoms with Crippen molar-refractivity contribution in [3.05, 3.63) is 59.5 Å². The number of furan rings is 1. The van der Waals surface area contributed by atoms with Crippen molar-refractivity contribution >= 4 is 0 Å². The van der Waals surface area contributed by atoms with E-state index in [0.717, 1.165) is 12.0 Å². The molecule has 1 unspecified atom stereocenters. The van der Waals surface area contributed by atoms with Crippen molar-refractivity contribution in [3.63, 3.8) is 0 Å². The van der Waals surface area contributed by atoms with Crippen molar-refractivity contribution in [1.29, 1.82) is 0 Å². The van der Waals surface area contributed by atoms with Crippen molar-refractivity contribution in [2.75, 3.05) is 0 Å². The molecule has 2 rings (SSSR count). The Bertz CT molecular complexity index is 437. The summed E-state index contributed by atoms with van der Waals surface area (Å²) >= 11 is 0. The van der Waals surface area contributed by atoms with E-state index < -0.39 is 0 Å². The molecule has 0 saturated carbocycles. The van der Waals surface area contributed by atoms with E-state index in [2.05, 4.69) is 30.5 Å². The summed E-state index contributed by atoms with van der Waals surface area (Å²) in [6.45, 7) is 2.08. The van der Waals surface area contributed by atoms with Gasteiger partial charge in [-0.15, -0.1) is 0 Å². The minimum absolute atomic E-state index is 0.123. The molecular weight excluding hydrogens is 200 g/mol. The van der Waals surface area contributed by atoms with Crippen LogP contribution in [0.4, 0.5) is 0 Å². The molecular formula is C13H16N2O. The highest BCUT2D eigenvalue weighted by molar-refractivity contribution is 5.26. The van der Waals surface area contributed by atoms with E-state index in [0.29, 0.717) is 0 Å². The molecule has 1 aromatic heterocycles. The van der Waals surface area contributed by atoms with Crippen LogP contribution in [-0.2, 0) is 6.42 Å². The van der Waals surface area contributed by atoms with E-state index in [4.69, 9.17) is 10.3 Å². The normalized spacial score (nSPS) is 12.6. The van der Waals surface area contributed by atoms with Crippen LogP contribution >= 0.6 is 0 Å². The van der Waals surface area contributed by atoms with Crippen molar-refractivity contribution in [1.82, 2.24) is 5.43 Å². The highest BCUT2D eigenvalue weighted by atomic mass is 16.3. The maximum absolute atomic E-state index is 5.59. The van der Waals surface area contributed by atoms with Gasteiger partial charge in [-0.3, -0.25) is 11.3 Å². The smallest absolute Gasteiger partial charge is 0.0935 e. The Hall–Kier alpha value is -1.58. The van der Waals surface area contributed by atoms with E-state index in [1.807, 2.05) is 12.1 Å². The number of rotatable bonds is 4. The molecule has 16 heavy (non-hydrogen) atoms. The summed E-state index contributed by atoms with van der Waals surface area (Å²) in [5.74, 6) is 5.59. The number of nitrogens with two attached hydrogens (primary N) is 1. The molecule has 3 nitrogen and oxygen atoms in total. The molecule has 1 atom stereocenters. The largest absolute Gasteiger partial charge is 0.472 e. The van der Waals surface area contributed by atoms with Gasteiger partial charge in [-0.1, -0.05) is 29.8 Å². The lowest BCUT2D eigenvalue weighted by molar-refractivity contribution is 0.536. The Morgan fingerprint density at radius 2 is 2.25 bits per heavy atom. The lowest BCUT2D eigenvalue weighted by Gasteiger charge is -2.15. The highest BCUT2D eigenvalue weighted by Crippen LogP contribution is 2.18. The second-order valence-corrected chi connectivity index (χ2v) is 3.97. The fraction of sp³-hybridized carbons (Fsp3) is 0.231. The molecule has 3 heteroatoms. The summed E-state index contributed by atoms with van der Waals surface area (Å²) in [6, 6.07) is 10.4. The second-order valence-electron chi connectivity index (χ2n) is 3.97. The summed E-state index contributed by atoms with van der Waals surface area (Å²) < 4.78 is 5.05. The predicted molar refractivity (Wildman–Crippen MR) is 63.7 cm³/mol. The van der Waals surface area contributed by atoms with Crippen LogP contribution in [0.15, 0.2) is 47.3 Å². The Labute approximate surface area is 95.2 Å². The Kier molecular flexibility index (Phi) is 3.39. The molecule has 0 bridgehead atoms. The van der Waals surface area contributed by atoms with Gasteiger partial charge in [0.15, 0.2) is 0 Å². The van der Waals surface area contributed by atoms with Gasteiger partial charge in [0.25, 0.3) is 0 Å². The highest BCUT2D eigenvalue weighted by Gasteiger charge is 2.10. The summed E-state index contributed by atoms with van der Waals surface area (Å²) in [5.41, 5.74) is 6.42.